The zero-order valence-electron chi connectivity index (χ0n) is 11.6. The molecule has 0 aliphatic heterocycles. The van der Waals surface area contributed by atoms with Gasteiger partial charge >= 0.3 is 0 Å². The Bertz CT molecular complexity index is 683. The van der Waals surface area contributed by atoms with Crippen LogP contribution < -0.4 is 10.1 Å². The number of hydrogen-bond donors (Lipinski definition) is 1. The third kappa shape index (κ3) is 3.41. The van der Waals surface area contributed by atoms with Crippen LogP contribution in [0.2, 0.25) is 5.02 Å². The number of carbonyl (C=O) groups excluding carboxylic acids is 2. The van der Waals surface area contributed by atoms with Gasteiger partial charge in [-0.05, 0) is 6.07 Å². The largest absolute Gasteiger partial charge is 0.495 e. The van der Waals surface area contributed by atoms with Crippen LogP contribution in [0.5, 0.6) is 5.75 Å². The minimum Gasteiger partial charge on any atom is -0.495 e. The molecular formula is C16H14ClNO3. The predicted octanol–water partition coefficient (Wildman–Crippen LogP) is 3.54. The van der Waals surface area contributed by atoms with E-state index in [1.54, 1.807) is 30.3 Å². The van der Waals surface area contributed by atoms with Crippen LogP contribution in [0.4, 0.5) is 5.69 Å². The van der Waals surface area contributed by atoms with Gasteiger partial charge in [0.25, 0.3) is 0 Å². The van der Waals surface area contributed by atoms with Crippen LogP contribution >= 0.6 is 11.6 Å². The Labute approximate surface area is 127 Å². The third-order valence-electron chi connectivity index (χ3n) is 2.88. The van der Waals surface area contributed by atoms with Gasteiger partial charge in [-0.3, -0.25) is 9.59 Å². The van der Waals surface area contributed by atoms with Crippen molar-refractivity contribution >= 4 is 29.0 Å². The fraction of sp³-hybridized carbons (Fsp3) is 0.125. The predicted molar refractivity (Wildman–Crippen MR) is 82.2 cm³/mol. The molecule has 0 aliphatic carbocycles. The highest BCUT2D eigenvalue weighted by atomic mass is 35.5. The summed E-state index contributed by atoms with van der Waals surface area (Å²) >= 11 is 6.08. The maximum atomic E-state index is 12.5. The number of benzene rings is 2. The summed E-state index contributed by atoms with van der Waals surface area (Å²) in [7, 11) is 1.47. The fourth-order valence-electron chi connectivity index (χ4n) is 1.94. The summed E-state index contributed by atoms with van der Waals surface area (Å²) < 4.78 is 5.11. The smallest absolute Gasteiger partial charge is 0.221 e. The fourth-order valence-corrected chi connectivity index (χ4v) is 2.18. The number of nitrogens with one attached hydrogen (secondary N) is 1. The molecule has 2 aromatic rings. The first-order chi connectivity index (χ1) is 10.0. The number of ketones is 1. The Morgan fingerprint density at radius 2 is 1.81 bits per heavy atom. The van der Waals surface area contributed by atoms with Crippen LogP contribution in [-0.2, 0) is 4.79 Å². The summed E-state index contributed by atoms with van der Waals surface area (Å²) in [5, 5.41) is 2.94. The summed E-state index contributed by atoms with van der Waals surface area (Å²) in [4.78, 5) is 23.9. The molecule has 4 nitrogen and oxygen atoms in total. The SMILES string of the molecule is COc1cc(NC(C)=O)c(C(=O)c2ccccc2)cc1Cl. The van der Waals surface area contributed by atoms with E-state index in [-0.39, 0.29) is 11.7 Å². The molecule has 0 unspecified atom stereocenters. The summed E-state index contributed by atoms with van der Waals surface area (Å²) in [6.07, 6.45) is 0. The summed E-state index contributed by atoms with van der Waals surface area (Å²) in [5.41, 5.74) is 1.21. The van der Waals surface area contributed by atoms with Crippen LogP contribution in [0.25, 0.3) is 0 Å². The van der Waals surface area contributed by atoms with E-state index in [9.17, 15) is 9.59 Å². The monoisotopic (exact) mass is 303 g/mol. The Kier molecular flexibility index (Phi) is 4.60. The minimum atomic E-state index is -0.276. The molecule has 0 heterocycles. The molecule has 2 rings (SSSR count). The summed E-state index contributed by atoms with van der Waals surface area (Å²) in [6.45, 7) is 1.37. The van der Waals surface area contributed by atoms with Crippen LogP contribution in [0.3, 0.4) is 0 Å². The average molecular weight is 304 g/mol. The van der Waals surface area contributed by atoms with Crippen LogP contribution in [0.15, 0.2) is 42.5 Å². The molecule has 0 bridgehead atoms. The van der Waals surface area contributed by atoms with E-state index in [2.05, 4.69) is 5.32 Å². The second-order valence-corrected chi connectivity index (χ2v) is 4.82. The molecule has 1 N–H and O–H groups in total. The average Bonchev–Trinajstić information content (AvgIpc) is 2.48. The molecule has 0 saturated heterocycles. The van der Waals surface area contributed by atoms with E-state index in [0.717, 1.165) is 0 Å². The van der Waals surface area contributed by atoms with Crippen molar-refractivity contribution in [2.24, 2.45) is 0 Å². The lowest BCUT2D eigenvalue weighted by atomic mass is 10.0. The molecule has 1 amide bonds. The van der Waals surface area contributed by atoms with Gasteiger partial charge in [-0.25, -0.2) is 0 Å². The molecular weight excluding hydrogens is 290 g/mol. The number of rotatable bonds is 4. The van der Waals surface area contributed by atoms with E-state index in [4.69, 9.17) is 16.3 Å². The quantitative estimate of drug-likeness (QED) is 0.879. The third-order valence-corrected chi connectivity index (χ3v) is 3.18. The molecule has 5 heteroatoms. The minimum absolute atomic E-state index is 0.219. The van der Waals surface area contributed by atoms with Gasteiger partial charge in [0.2, 0.25) is 5.91 Å². The Morgan fingerprint density at radius 1 is 1.14 bits per heavy atom. The first-order valence-corrected chi connectivity index (χ1v) is 6.65. The van der Waals surface area contributed by atoms with E-state index in [1.807, 2.05) is 6.07 Å². The van der Waals surface area contributed by atoms with Crippen molar-refractivity contribution in [2.45, 2.75) is 6.92 Å². The van der Waals surface area contributed by atoms with Crippen molar-refractivity contribution in [3.8, 4) is 5.75 Å². The van der Waals surface area contributed by atoms with Crippen molar-refractivity contribution in [1.82, 2.24) is 0 Å². The van der Waals surface area contributed by atoms with Gasteiger partial charge in [-0.2, -0.15) is 0 Å². The zero-order valence-corrected chi connectivity index (χ0v) is 12.4. The lowest BCUT2D eigenvalue weighted by Crippen LogP contribution is -2.12. The van der Waals surface area contributed by atoms with Gasteiger partial charge in [0.1, 0.15) is 5.75 Å². The molecule has 0 spiro atoms. The number of hydrogen-bond acceptors (Lipinski definition) is 3. The number of ether oxygens (including phenoxy) is 1. The molecule has 0 aliphatic rings. The summed E-state index contributed by atoms with van der Waals surface area (Å²) in [5.74, 6) is -0.101. The van der Waals surface area contributed by atoms with Crippen molar-refractivity contribution in [3.63, 3.8) is 0 Å². The zero-order chi connectivity index (χ0) is 15.4. The normalized spacial score (nSPS) is 10.0. The number of halogens is 1. The summed E-state index contributed by atoms with van der Waals surface area (Å²) in [6, 6.07) is 11.8. The first kappa shape index (κ1) is 15.1. The number of methoxy groups -OCH3 is 1. The second-order valence-electron chi connectivity index (χ2n) is 4.41. The van der Waals surface area contributed by atoms with Crippen molar-refractivity contribution in [2.75, 3.05) is 12.4 Å². The number of anilines is 1. The van der Waals surface area contributed by atoms with Gasteiger partial charge in [0.15, 0.2) is 5.78 Å². The second kappa shape index (κ2) is 6.41. The Hall–Kier alpha value is -2.33. The highest BCUT2D eigenvalue weighted by Gasteiger charge is 2.17. The molecule has 108 valence electrons. The topological polar surface area (TPSA) is 55.4 Å². The number of amides is 1. The van der Waals surface area contributed by atoms with E-state index in [0.29, 0.717) is 27.6 Å². The van der Waals surface area contributed by atoms with Crippen molar-refractivity contribution in [3.05, 3.63) is 58.6 Å². The highest BCUT2D eigenvalue weighted by molar-refractivity contribution is 6.33. The van der Waals surface area contributed by atoms with Gasteiger partial charge in [-0.15, -0.1) is 0 Å². The van der Waals surface area contributed by atoms with Crippen molar-refractivity contribution < 1.29 is 14.3 Å². The van der Waals surface area contributed by atoms with Gasteiger partial charge in [0, 0.05) is 24.1 Å². The lowest BCUT2D eigenvalue weighted by molar-refractivity contribution is -0.114. The molecule has 0 saturated carbocycles. The maximum absolute atomic E-state index is 12.5. The molecule has 0 fully saturated rings. The van der Waals surface area contributed by atoms with Gasteiger partial charge in [-0.1, -0.05) is 41.9 Å². The molecule has 21 heavy (non-hydrogen) atoms. The standard InChI is InChI=1S/C16H14ClNO3/c1-10(19)18-14-9-15(21-2)13(17)8-12(14)16(20)11-6-4-3-5-7-11/h3-9H,1-2H3,(H,18,19). The number of carbonyl (C=O) groups is 2. The van der Waals surface area contributed by atoms with E-state index in [1.165, 1.54) is 20.1 Å². The molecule has 2 aromatic carbocycles. The van der Waals surface area contributed by atoms with Gasteiger partial charge < -0.3 is 10.1 Å². The van der Waals surface area contributed by atoms with Crippen molar-refractivity contribution in [1.29, 1.82) is 0 Å². The molecule has 0 atom stereocenters. The molecule has 0 radical (unpaired) electrons. The highest BCUT2D eigenvalue weighted by Crippen LogP contribution is 2.32. The molecule has 0 aromatic heterocycles. The van der Waals surface area contributed by atoms with E-state index < -0.39 is 0 Å². The van der Waals surface area contributed by atoms with Crippen LogP contribution in [-0.4, -0.2) is 18.8 Å². The Balaban J connectivity index is 2.53. The lowest BCUT2D eigenvalue weighted by Gasteiger charge is -2.12. The van der Waals surface area contributed by atoms with Crippen LogP contribution in [0, 0.1) is 0 Å². The van der Waals surface area contributed by atoms with E-state index >= 15 is 0 Å². The first-order valence-electron chi connectivity index (χ1n) is 6.27. The maximum Gasteiger partial charge on any atom is 0.221 e. The van der Waals surface area contributed by atoms with Crippen LogP contribution in [0.1, 0.15) is 22.8 Å². The Morgan fingerprint density at radius 3 is 2.38 bits per heavy atom. The van der Waals surface area contributed by atoms with Gasteiger partial charge in [0.05, 0.1) is 17.8 Å².